The zero-order chi connectivity index (χ0) is 15.0. The molecule has 0 fully saturated rings. The van der Waals surface area contributed by atoms with E-state index in [1.165, 1.54) is 16.5 Å². The number of amides is 1. The van der Waals surface area contributed by atoms with Crippen molar-refractivity contribution in [3.05, 3.63) is 57.3 Å². The molecular formula is C16H15F2NOS. The largest absolute Gasteiger partial charge is 0.331 e. The molecule has 21 heavy (non-hydrogen) atoms. The van der Waals surface area contributed by atoms with E-state index >= 15 is 0 Å². The van der Waals surface area contributed by atoms with Gasteiger partial charge in [0.15, 0.2) is 11.6 Å². The molecule has 1 aromatic carbocycles. The molecule has 0 saturated carbocycles. The minimum absolute atomic E-state index is 0.0145. The number of carbonyl (C=O) groups is 1. The molecule has 1 atom stereocenters. The SMILES string of the molecule is CCC1c2ccsc2CCN1C(=O)c1ccc(F)c(F)c1. The molecule has 5 heteroatoms. The highest BCUT2D eigenvalue weighted by atomic mass is 32.1. The molecule has 0 saturated heterocycles. The van der Waals surface area contributed by atoms with Crippen molar-refractivity contribution in [1.82, 2.24) is 4.90 Å². The molecule has 2 heterocycles. The molecule has 2 nitrogen and oxygen atoms in total. The maximum absolute atomic E-state index is 13.3. The van der Waals surface area contributed by atoms with Gasteiger partial charge in [-0.05, 0) is 48.1 Å². The summed E-state index contributed by atoms with van der Waals surface area (Å²) in [4.78, 5) is 15.7. The van der Waals surface area contributed by atoms with Crippen molar-refractivity contribution in [2.45, 2.75) is 25.8 Å². The molecular weight excluding hydrogens is 292 g/mol. The fourth-order valence-electron chi connectivity index (χ4n) is 2.87. The molecule has 3 rings (SSSR count). The van der Waals surface area contributed by atoms with Crippen LogP contribution in [-0.2, 0) is 6.42 Å². The number of carbonyl (C=O) groups excluding carboxylic acids is 1. The van der Waals surface area contributed by atoms with Crippen LogP contribution in [0.3, 0.4) is 0 Å². The van der Waals surface area contributed by atoms with Crippen molar-refractivity contribution < 1.29 is 13.6 Å². The van der Waals surface area contributed by atoms with Crippen LogP contribution in [0, 0.1) is 11.6 Å². The molecule has 1 amide bonds. The Labute approximate surface area is 126 Å². The summed E-state index contributed by atoms with van der Waals surface area (Å²) >= 11 is 1.71. The van der Waals surface area contributed by atoms with E-state index in [2.05, 4.69) is 6.07 Å². The van der Waals surface area contributed by atoms with Gasteiger partial charge in [0.25, 0.3) is 5.91 Å². The van der Waals surface area contributed by atoms with E-state index in [0.717, 1.165) is 25.0 Å². The lowest BCUT2D eigenvalue weighted by Gasteiger charge is -2.35. The van der Waals surface area contributed by atoms with E-state index in [-0.39, 0.29) is 17.5 Å². The summed E-state index contributed by atoms with van der Waals surface area (Å²) in [6.07, 6.45) is 1.62. The van der Waals surface area contributed by atoms with Crippen molar-refractivity contribution >= 4 is 17.2 Å². The zero-order valence-corrected chi connectivity index (χ0v) is 12.4. The zero-order valence-electron chi connectivity index (χ0n) is 11.6. The number of rotatable bonds is 2. The lowest BCUT2D eigenvalue weighted by Crippen LogP contribution is -2.39. The topological polar surface area (TPSA) is 20.3 Å². The van der Waals surface area contributed by atoms with E-state index in [4.69, 9.17) is 0 Å². The maximum atomic E-state index is 13.3. The fourth-order valence-corrected chi connectivity index (χ4v) is 3.80. The second-order valence-electron chi connectivity index (χ2n) is 5.10. The normalized spacial score (nSPS) is 17.7. The third-order valence-corrected chi connectivity index (χ3v) is 4.91. The average molecular weight is 307 g/mol. The predicted molar refractivity (Wildman–Crippen MR) is 78.4 cm³/mol. The number of benzene rings is 1. The number of hydrogen-bond acceptors (Lipinski definition) is 2. The van der Waals surface area contributed by atoms with Crippen molar-refractivity contribution in [1.29, 1.82) is 0 Å². The lowest BCUT2D eigenvalue weighted by molar-refractivity contribution is 0.0657. The van der Waals surface area contributed by atoms with Gasteiger partial charge in [0, 0.05) is 17.0 Å². The Morgan fingerprint density at radius 2 is 2.14 bits per heavy atom. The summed E-state index contributed by atoms with van der Waals surface area (Å²) in [5, 5.41) is 2.04. The lowest BCUT2D eigenvalue weighted by atomic mass is 9.97. The maximum Gasteiger partial charge on any atom is 0.254 e. The Bertz CT molecular complexity index is 683. The second kappa shape index (κ2) is 5.56. The van der Waals surface area contributed by atoms with Crippen molar-refractivity contribution in [3.8, 4) is 0 Å². The second-order valence-corrected chi connectivity index (χ2v) is 6.10. The van der Waals surface area contributed by atoms with E-state index in [1.54, 1.807) is 16.2 Å². The first-order chi connectivity index (χ1) is 10.1. The molecule has 1 unspecified atom stereocenters. The molecule has 0 spiro atoms. The monoisotopic (exact) mass is 307 g/mol. The van der Waals surface area contributed by atoms with Gasteiger partial charge in [-0.15, -0.1) is 11.3 Å². The van der Waals surface area contributed by atoms with Crippen LogP contribution in [0.15, 0.2) is 29.6 Å². The standard InChI is InChI=1S/C16H15F2NOS/c1-2-14-11-6-8-21-15(11)5-7-19(14)16(20)10-3-4-12(17)13(18)9-10/h3-4,6,8-9,14H,2,5,7H2,1H3. The first-order valence-electron chi connectivity index (χ1n) is 6.94. The molecule has 2 aromatic rings. The predicted octanol–water partition coefficient (Wildman–Crippen LogP) is 4.18. The van der Waals surface area contributed by atoms with Gasteiger partial charge in [-0.1, -0.05) is 6.92 Å². The van der Waals surface area contributed by atoms with E-state index < -0.39 is 11.6 Å². The summed E-state index contributed by atoms with van der Waals surface area (Å²) in [6, 6.07) is 5.40. The van der Waals surface area contributed by atoms with Crippen LogP contribution < -0.4 is 0 Å². The highest BCUT2D eigenvalue weighted by Crippen LogP contribution is 2.36. The van der Waals surface area contributed by atoms with Gasteiger partial charge in [0.2, 0.25) is 0 Å². The van der Waals surface area contributed by atoms with Crippen molar-refractivity contribution in [2.24, 2.45) is 0 Å². The summed E-state index contributed by atoms with van der Waals surface area (Å²) in [5.41, 5.74) is 1.38. The fraction of sp³-hybridized carbons (Fsp3) is 0.312. The highest BCUT2D eigenvalue weighted by Gasteiger charge is 2.31. The third kappa shape index (κ3) is 2.46. The highest BCUT2D eigenvalue weighted by molar-refractivity contribution is 7.10. The van der Waals surface area contributed by atoms with Gasteiger partial charge in [0.1, 0.15) is 0 Å². The molecule has 0 radical (unpaired) electrons. The number of fused-ring (bicyclic) bond motifs is 1. The molecule has 110 valence electrons. The average Bonchev–Trinajstić information content (AvgIpc) is 2.96. The van der Waals surface area contributed by atoms with Crippen LogP contribution in [0.25, 0.3) is 0 Å². The molecule has 0 N–H and O–H groups in total. The van der Waals surface area contributed by atoms with Crippen LogP contribution in [0.5, 0.6) is 0 Å². The molecule has 1 aromatic heterocycles. The summed E-state index contributed by atoms with van der Waals surface area (Å²) in [5.74, 6) is -2.16. The summed E-state index contributed by atoms with van der Waals surface area (Å²) < 4.78 is 26.3. The number of thiophene rings is 1. The quantitative estimate of drug-likeness (QED) is 0.815. The number of nitrogens with zero attached hydrogens (tertiary/aromatic N) is 1. The Balaban J connectivity index is 1.92. The first-order valence-corrected chi connectivity index (χ1v) is 7.82. The minimum atomic E-state index is -0.984. The Morgan fingerprint density at radius 1 is 1.33 bits per heavy atom. The molecule has 0 aliphatic carbocycles. The Morgan fingerprint density at radius 3 is 2.86 bits per heavy atom. The van der Waals surface area contributed by atoms with Crippen molar-refractivity contribution in [3.63, 3.8) is 0 Å². The first kappa shape index (κ1) is 14.2. The van der Waals surface area contributed by atoms with Crippen LogP contribution in [0.1, 0.15) is 40.2 Å². The minimum Gasteiger partial charge on any atom is -0.331 e. The van der Waals surface area contributed by atoms with Gasteiger partial charge in [-0.2, -0.15) is 0 Å². The smallest absolute Gasteiger partial charge is 0.254 e. The van der Waals surface area contributed by atoms with Gasteiger partial charge in [-0.3, -0.25) is 4.79 Å². The molecule has 1 aliphatic rings. The van der Waals surface area contributed by atoms with E-state index in [9.17, 15) is 13.6 Å². The van der Waals surface area contributed by atoms with Gasteiger partial charge < -0.3 is 4.90 Å². The van der Waals surface area contributed by atoms with Crippen LogP contribution in [0.2, 0.25) is 0 Å². The number of halogens is 2. The van der Waals surface area contributed by atoms with Crippen LogP contribution in [-0.4, -0.2) is 17.4 Å². The summed E-state index contributed by atoms with van der Waals surface area (Å²) in [6.45, 7) is 2.65. The van der Waals surface area contributed by atoms with Gasteiger partial charge in [0.05, 0.1) is 6.04 Å². The van der Waals surface area contributed by atoms with E-state index in [1.807, 2.05) is 12.3 Å². The van der Waals surface area contributed by atoms with Crippen LogP contribution in [0.4, 0.5) is 8.78 Å². The van der Waals surface area contributed by atoms with Gasteiger partial charge in [-0.25, -0.2) is 8.78 Å². The van der Waals surface area contributed by atoms with Crippen molar-refractivity contribution in [2.75, 3.05) is 6.54 Å². The van der Waals surface area contributed by atoms with E-state index in [0.29, 0.717) is 6.54 Å². The molecule has 1 aliphatic heterocycles. The third-order valence-electron chi connectivity index (χ3n) is 3.91. The Kier molecular flexibility index (Phi) is 3.76. The molecule has 0 bridgehead atoms. The van der Waals surface area contributed by atoms with Gasteiger partial charge >= 0.3 is 0 Å². The summed E-state index contributed by atoms with van der Waals surface area (Å²) in [7, 11) is 0. The Hall–Kier alpha value is -1.75. The van der Waals surface area contributed by atoms with Crippen LogP contribution >= 0.6 is 11.3 Å². The number of hydrogen-bond donors (Lipinski definition) is 0.